The Morgan fingerprint density at radius 1 is 1.08 bits per heavy atom. The molecule has 0 heterocycles. The number of nitrogens with two attached hydrogens (primary N) is 1. The van der Waals surface area contributed by atoms with Gasteiger partial charge in [0.15, 0.2) is 5.11 Å². The van der Waals surface area contributed by atoms with Crippen LogP contribution in [0.3, 0.4) is 0 Å². The maximum absolute atomic E-state index is 11.9. The summed E-state index contributed by atoms with van der Waals surface area (Å²) in [5, 5.41) is 5.40. The van der Waals surface area contributed by atoms with E-state index in [1.165, 1.54) is 6.08 Å². The molecular weight excluding hydrogens is 322 g/mol. The average Bonchev–Trinajstić information content (AvgIpc) is 2.54. The largest absolute Gasteiger partial charge is 0.366 e. The first-order chi connectivity index (χ1) is 11.5. The Morgan fingerprint density at radius 2 is 1.75 bits per heavy atom. The van der Waals surface area contributed by atoms with Gasteiger partial charge in [-0.25, -0.2) is 0 Å². The van der Waals surface area contributed by atoms with E-state index >= 15 is 0 Å². The van der Waals surface area contributed by atoms with Crippen LogP contribution in [0.4, 0.5) is 5.69 Å². The standard InChI is InChI=1S/C18H17N3O2S/c1-12-6-8-13(9-7-12)10-11-16(22)21-18(24)20-15-5-3-2-4-14(15)17(19)23/h2-11H,1H3,(H2,19,23)(H2,20,21,22,24). The Bertz CT molecular complexity index is 798. The van der Waals surface area contributed by atoms with Gasteiger partial charge in [-0.05, 0) is 42.9 Å². The van der Waals surface area contributed by atoms with Gasteiger partial charge in [-0.1, -0.05) is 42.0 Å². The highest BCUT2D eigenvalue weighted by Crippen LogP contribution is 2.13. The topological polar surface area (TPSA) is 84.2 Å². The van der Waals surface area contributed by atoms with Crippen molar-refractivity contribution in [2.75, 3.05) is 5.32 Å². The molecule has 0 aliphatic carbocycles. The van der Waals surface area contributed by atoms with E-state index in [1.807, 2.05) is 31.2 Å². The van der Waals surface area contributed by atoms with Crippen molar-refractivity contribution in [1.29, 1.82) is 0 Å². The van der Waals surface area contributed by atoms with Crippen LogP contribution in [0.2, 0.25) is 0 Å². The van der Waals surface area contributed by atoms with E-state index in [9.17, 15) is 9.59 Å². The van der Waals surface area contributed by atoms with Gasteiger partial charge in [0.25, 0.3) is 5.91 Å². The summed E-state index contributed by atoms with van der Waals surface area (Å²) in [7, 11) is 0. The zero-order valence-electron chi connectivity index (χ0n) is 13.1. The third-order valence-electron chi connectivity index (χ3n) is 3.18. The first-order valence-corrected chi connectivity index (χ1v) is 7.62. The van der Waals surface area contributed by atoms with Crippen LogP contribution in [0.5, 0.6) is 0 Å². The van der Waals surface area contributed by atoms with E-state index in [0.29, 0.717) is 11.3 Å². The number of rotatable bonds is 4. The Balaban J connectivity index is 1.96. The SMILES string of the molecule is Cc1ccc(C=CC(=O)NC(=S)Nc2ccccc2C(N)=O)cc1. The van der Waals surface area contributed by atoms with Crippen LogP contribution in [0, 0.1) is 6.92 Å². The van der Waals surface area contributed by atoms with E-state index in [4.69, 9.17) is 18.0 Å². The van der Waals surface area contributed by atoms with Crippen molar-refractivity contribution in [3.8, 4) is 0 Å². The number of hydrogen-bond donors (Lipinski definition) is 3. The van der Waals surface area contributed by atoms with Crippen molar-refractivity contribution in [2.45, 2.75) is 6.92 Å². The number of anilines is 1. The third kappa shape index (κ3) is 5.03. The van der Waals surface area contributed by atoms with Crippen molar-refractivity contribution in [1.82, 2.24) is 5.32 Å². The zero-order valence-corrected chi connectivity index (χ0v) is 13.9. The molecule has 0 saturated carbocycles. The minimum atomic E-state index is -0.577. The second-order valence-electron chi connectivity index (χ2n) is 5.10. The van der Waals surface area contributed by atoms with E-state index in [2.05, 4.69) is 10.6 Å². The van der Waals surface area contributed by atoms with Crippen LogP contribution in [-0.4, -0.2) is 16.9 Å². The second kappa shape index (κ2) is 8.03. The number of thiocarbonyl (C=S) groups is 1. The Hall–Kier alpha value is -2.99. The van der Waals surface area contributed by atoms with Crippen molar-refractivity contribution in [3.63, 3.8) is 0 Å². The highest BCUT2D eigenvalue weighted by atomic mass is 32.1. The van der Waals surface area contributed by atoms with E-state index in [1.54, 1.807) is 30.3 Å². The van der Waals surface area contributed by atoms with Crippen LogP contribution in [-0.2, 0) is 4.79 Å². The fourth-order valence-electron chi connectivity index (χ4n) is 1.96. The summed E-state index contributed by atoms with van der Waals surface area (Å²) in [5.41, 5.74) is 8.09. The van der Waals surface area contributed by atoms with Crippen LogP contribution in [0.1, 0.15) is 21.5 Å². The molecule has 2 aromatic carbocycles. The normalized spacial score (nSPS) is 10.4. The lowest BCUT2D eigenvalue weighted by molar-refractivity contribution is -0.115. The number of benzene rings is 2. The number of hydrogen-bond acceptors (Lipinski definition) is 3. The molecule has 0 aromatic heterocycles. The summed E-state index contributed by atoms with van der Waals surface area (Å²) >= 11 is 5.08. The van der Waals surface area contributed by atoms with Crippen LogP contribution in [0.25, 0.3) is 6.08 Å². The van der Waals surface area contributed by atoms with Crippen LogP contribution >= 0.6 is 12.2 Å². The molecule has 5 nitrogen and oxygen atoms in total. The molecule has 0 aliphatic rings. The van der Waals surface area contributed by atoms with Gasteiger partial charge < -0.3 is 11.1 Å². The van der Waals surface area contributed by atoms with Crippen LogP contribution in [0.15, 0.2) is 54.6 Å². The maximum atomic E-state index is 11.9. The van der Waals surface area contributed by atoms with Gasteiger partial charge in [-0.3, -0.25) is 14.9 Å². The molecule has 0 unspecified atom stereocenters. The number of para-hydroxylation sites is 1. The number of aryl methyl sites for hydroxylation is 1. The highest BCUT2D eigenvalue weighted by molar-refractivity contribution is 7.80. The summed E-state index contributed by atoms with van der Waals surface area (Å²) in [5.74, 6) is -0.948. The molecule has 0 saturated heterocycles. The molecule has 2 amide bonds. The Labute approximate surface area is 145 Å². The Morgan fingerprint density at radius 3 is 2.42 bits per heavy atom. The molecule has 0 fully saturated rings. The van der Waals surface area contributed by atoms with Gasteiger partial charge in [0.05, 0.1) is 11.3 Å². The molecule has 2 rings (SSSR count). The molecular formula is C18H17N3O2S. The van der Waals surface area contributed by atoms with Gasteiger partial charge in [0, 0.05) is 6.08 Å². The molecule has 0 aliphatic heterocycles. The average molecular weight is 339 g/mol. The molecule has 0 radical (unpaired) electrons. The first kappa shape index (κ1) is 17.4. The van der Waals surface area contributed by atoms with E-state index in [0.717, 1.165) is 11.1 Å². The summed E-state index contributed by atoms with van der Waals surface area (Å²) in [6.45, 7) is 1.99. The number of primary amides is 1. The number of carbonyl (C=O) groups is 2. The fourth-order valence-corrected chi connectivity index (χ4v) is 2.17. The third-order valence-corrected chi connectivity index (χ3v) is 3.39. The van der Waals surface area contributed by atoms with E-state index < -0.39 is 5.91 Å². The smallest absolute Gasteiger partial charge is 0.250 e. The van der Waals surface area contributed by atoms with Gasteiger partial charge in [0.1, 0.15) is 0 Å². The number of amides is 2. The lowest BCUT2D eigenvalue weighted by atomic mass is 10.1. The van der Waals surface area contributed by atoms with Crippen molar-refractivity contribution in [3.05, 3.63) is 71.3 Å². The second-order valence-corrected chi connectivity index (χ2v) is 5.51. The molecule has 6 heteroatoms. The predicted octanol–water partition coefficient (Wildman–Crippen LogP) is 2.62. The predicted molar refractivity (Wildman–Crippen MR) is 99.5 cm³/mol. The van der Waals surface area contributed by atoms with Gasteiger partial charge in [-0.15, -0.1) is 0 Å². The molecule has 122 valence electrons. The highest BCUT2D eigenvalue weighted by Gasteiger charge is 2.09. The molecule has 24 heavy (non-hydrogen) atoms. The zero-order chi connectivity index (χ0) is 17.5. The summed E-state index contributed by atoms with van der Waals surface area (Å²) in [6.07, 6.45) is 3.08. The fraction of sp³-hybridized carbons (Fsp3) is 0.0556. The minimum absolute atomic E-state index is 0.0854. The summed E-state index contributed by atoms with van der Waals surface area (Å²) in [4.78, 5) is 23.2. The minimum Gasteiger partial charge on any atom is -0.366 e. The van der Waals surface area contributed by atoms with Gasteiger partial charge >= 0.3 is 0 Å². The number of nitrogens with one attached hydrogen (secondary N) is 2. The molecule has 0 spiro atoms. The lowest BCUT2D eigenvalue weighted by Crippen LogP contribution is -2.33. The lowest BCUT2D eigenvalue weighted by Gasteiger charge is -2.10. The van der Waals surface area contributed by atoms with E-state index in [-0.39, 0.29) is 11.0 Å². The maximum Gasteiger partial charge on any atom is 0.250 e. The molecule has 0 bridgehead atoms. The Kier molecular flexibility index (Phi) is 5.81. The van der Waals surface area contributed by atoms with Crippen molar-refractivity contribution in [2.24, 2.45) is 5.73 Å². The first-order valence-electron chi connectivity index (χ1n) is 7.21. The molecule has 0 atom stereocenters. The van der Waals surface area contributed by atoms with Crippen LogP contribution < -0.4 is 16.4 Å². The summed E-state index contributed by atoms with van der Waals surface area (Å²) < 4.78 is 0. The molecule has 4 N–H and O–H groups in total. The quantitative estimate of drug-likeness (QED) is 0.590. The number of carbonyl (C=O) groups excluding carboxylic acids is 2. The van der Waals surface area contributed by atoms with Crippen molar-refractivity contribution < 1.29 is 9.59 Å². The molecule has 2 aromatic rings. The van der Waals surface area contributed by atoms with Gasteiger partial charge in [-0.2, -0.15) is 0 Å². The van der Waals surface area contributed by atoms with Gasteiger partial charge in [0.2, 0.25) is 5.91 Å². The van der Waals surface area contributed by atoms with Crippen molar-refractivity contribution >= 4 is 40.9 Å². The summed E-state index contributed by atoms with van der Waals surface area (Å²) in [6, 6.07) is 14.4. The monoisotopic (exact) mass is 339 g/mol.